The summed E-state index contributed by atoms with van der Waals surface area (Å²) in [4.78, 5) is 8.60. The molecule has 0 unspecified atom stereocenters. The largest absolute Gasteiger partial charge is 0.507 e. The summed E-state index contributed by atoms with van der Waals surface area (Å²) in [5, 5.41) is 12.7. The molecule has 0 atom stereocenters. The average molecular weight is 297 g/mol. The van der Waals surface area contributed by atoms with E-state index < -0.39 is 0 Å². The lowest BCUT2D eigenvalue weighted by Gasteiger charge is -2.03. The number of fused-ring (bicyclic) bond motifs is 1. The van der Waals surface area contributed by atoms with Gasteiger partial charge in [-0.05, 0) is 36.1 Å². The Morgan fingerprint density at radius 3 is 2.71 bits per heavy atom. The second-order valence-electron chi connectivity index (χ2n) is 4.81. The summed E-state index contributed by atoms with van der Waals surface area (Å²) in [5.74, 6) is 0.773. The number of pyridine rings is 1. The van der Waals surface area contributed by atoms with Crippen molar-refractivity contribution in [3.8, 4) is 5.75 Å². The number of phenols is 1. The van der Waals surface area contributed by atoms with Crippen LogP contribution in [0.5, 0.6) is 5.75 Å². The highest BCUT2D eigenvalue weighted by molar-refractivity contribution is 6.31. The van der Waals surface area contributed by atoms with Crippen molar-refractivity contribution in [2.75, 3.05) is 0 Å². The minimum Gasteiger partial charge on any atom is -0.507 e. The van der Waals surface area contributed by atoms with Crippen LogP contribution in [0.1, 0.15) is 11.1 Å². The highest BCUT2D eigenvalue weighted by Crippen LogP contribution is 2.26. The maximum atomic E-state index is 10.0. The minimum absolute atomic E-state index is 0.184. The van der Waals surface area contributed by atoms with Crippen molar-refractivity contribution in [3.05, 3.63) is 64.8 Å². The lowest BCUT2D eigenvalue weighted by molar-refractivity contribution is 0.470. The zero-order valence-electron chi connectivity index (χ0n) is 11.4. The number of hydrogen-bond donors (Lipinski definition) is 1. The van der Waals surface area contributed by atoms with Crippen molar-refractivity contribution in [3.63, 3.8) is 0 Å². The predicted molar refractivity (Wildman–Crippen MR) is 86.9 cm³/mol. The maximum absolute atomic E-state index is 10.0. The summed E-state index contributed by atoms with van der Waals surface area (Å²) < 4.78 is 0. The zero-order chi connectivity index (χ0) is 14.8. The summed E-state index contributed by atoms with van der Waals surface area (Å²) >= 11 is 5.99. The number of nitrogens with zero attached hydrogens (tertiary/aromatic N) is 2. The minimum atomic E-state index is 0.184. The Morgan fingerprint density at radius 2 is 1.90 bits per heavy atom. The van der Waals surface area contributed by atoms with Gasteiger partial charge in [-0.15, -0.1) is 0 Å². The molecule has 1 aromatic heterocycles. The third-order valence-corrected chi connectivity index (χ3v) is 3.47. The molecule has 0 saturated carbocycles. The maximum Gasteiger partial charge on any atom is 0.152 e. The lowest BCUT2D eigenvalue weighted by atomic mass is 10.1. The van der Waals surface area contributed by atoms with Crippen LogP contribution in [-0.2, 0) is 0 Å². The van der Waals surface area contributed by atoms with E-state index in [9.17, 15) is 5.11 Å². The monoisotopic (exact) mass is 296 g/mol. The Kier molecular flexibility index (Phi) is 3.59. The van der Waals surface area contributed by atoms with Gasteiger partial charge in [0.2, 0.25) is 0 Å². The molecule has 0 saturated heterocycles. The first-order valence-electron chi connectivity index (χ1n) is 6.51. The first kappa shape index (κ1) is 13.6. The molecule has 21 heavy (non-hydrogen) atoms. The standard InChI is InChI=1S/C17H13ClN2O/c1-11-6-15(18)7-14(17(11)21)10-20-16-8-12-4-2-3-5-13(12)9-19-16/h2-10,21H,1H3/b20-10+. The molecule has 104 valence electrons. The molecule has 3 rings (SSSR count). The van der Waals surface area contributed by atoms with Crippen LogP contribution in [0.25, 0.3) is 10.8 Å². The van der Waals surface area contributed by atoms with E-state index in [0.717, 1.165) is 16.3 Å². The average Bonchev–Trinajstić information content (AvgIpc) is 2.49. The Hall–Kier alpha value is -2.39. The van der Waals surface area contributed by atoms with E-state index in [0.29, 0.717) is 16.4 Å². The molecule has 4 heteroatoms. The number of aromatic nitrogens is 1. The molecule has 0 fully saturated rings. The van der Waals surface area contributed by atoms with Gasteiger partial charge in [0.15, 0.2) is 5.82 Å². The number of hydrogen-bond acceptors (Lipinski definition) is 3. The van der Waals surface area contributed by atoms with Crippen molar-refractivity contribution in [2.24, 2.45) is 4.99 Å². The molecular formula is C17H13ClN2O. The van der Waals surface area contributed by atoms with E-state index in [1.54, 1.807) is 31.5 Å². The summed E-state index contributed by atoms with van der Waals surface area (Å²) in [6.45, 7) is 1.80. The topological polar surface area (TPSA) is 45.5 Å². The summed E-state index contributed by atoms with van der Waals surface area (Å²) in [6.07, 6.45) is 3.36. The molecule has 0 radical (unpaired) electrons. The molecule has 0 aliphatic carbocycles. The van der Waals surface area contributed by atoms with Crippen LogP contribution >= 0.6 is 11.6 Å². The Morgan fingerprint density at radius 1 is 1.14 bits per heavy atom. The number of aryl methyl sites for hydroxylation is 1. The second-order valence-corrected chi connectivity index (χ2v) is 5.24. The number of aromatic hydroxyl groups is 1. The highest BCUT2D eigenvalue weighted by Gasteiger charge is 2.04. The molecule has 3 aromatic rings. The van der Waals surface area contributed by atoms with Gasteiger partial charge >= 0.3 is 0 Å². The molecule has 3 nitrogen and oxygen atoms in total. The van der Waals surface area contributed by atoms with Crippen LogP contribution in [0.15, 0.2) is 53.7 Å². The molecule has 1 heterocycles. The van der Waals surface area contributed by atoms with E-state index >= 15 is 0 Å². The Balaban J connectivity index is 1.98. The van der Waals surface area contributed by atoms with Gasteiger partial charge in [0.1, 0.15) is 5.75 Å². The van der Waals surface area contributed by atoms with Crippen LogP contribution in [0, 0.1) is 6.92 Å². The zero-order valence-corrected chi connectivity index (χ0v) is 12.2. The smallest absolute Gasteiger partial charge is 0.152 e. The fourth-order valence-electron chi connectivity index (χ4n) is 2.14. The molecule has 0 spiro atoms. The van der Waals surface area contributed by atoms with Crippen molar-refractivity contribution < 1.29 is 5.11 Å². The number of phenolic OH excluding ortho intramolecular Hbond substituents is 1. The van der Waals surface area contributed by atoms with E-state index in [-0.39, 0.29) is 5.75 Å². The molecule has 0 amide bonds. The van der Waals surface area contributed by atoms with E-state index in [4.69, 9.17) is 11.6 Å². The molecule has 0 aliphatic rings. The van der Waals surface area contributed by atoms with Gasteiger partial charge in [-0.25, -0.2) is 9.98 Å². The first-order chi connectivity index (χ1) is 10.1. The molecule has 0 bridgehead atoms. The quantitative estimate of drug-likeness (QED) is 0.699. The van der Waals surface area contributed by atoms with Crippen molar-refractivity contribution in [2.45, 2.75) is 6.92 Å². The molecular weight excluding hydrogens is 284 g/mol. The highest BCUT2D eigenvalue weighted by atomic mass is 35.5. The number of rotatable bonds is 2. The van der Waals surface area contributed by atoms with Crippen LogP contribution < -0.4 is 0 Å². The van der Waals surface area contributed by atoms with Gasteiger partial charge in [-0.1, -0.05) is 35.9 Å². The van der Waals surface area contributed by atoms with Crippen LogP contribution in [0.3, 0.4) is 0 Å². The molecule has 0 aliphatic heterocycles. The fourth-order valence-corrected chi connectivity index (χ4v) is 2.42. The van der Waals surface area contributed by atoms with Gasteiger partial charge in [-0.2, -0.15) is 0 Å². The van der Waals surface area contributed by atoms with Crippen molar-refractivity contribution in [1.82, 2.24) is 4.98 Å². The summed E-state index contributed by atoms with van der Waals surface area (Å²) in [5.41, 5.74) is 1.30. The van der Waals surface area contributed by atoms with Gasteiger partial charge in [0.05, 0.1) is 0 Å². The summed E-state index contributed by atoms with van der Waals surface area (Å²) in [6, 6.07) is 13.2. The van der Waals surface area contributed by atoms with E-state index in [2.05, 4.69) is 9.98 Å². The molecule has 2 aromatic carbocycles. The van der Waals surface area contributed by atoms with E-state index in [1.807, 2.05) is 30.3 Å². The normalized spacial score (nSPS) is 11.3. The van der Waals surface area contributed by atoms with Crippen molar-refractivity contribution in [1.29, 1.82) is 0 Å². The fraction of sp³-hybridized carbons (Fsp3) is 0.0588. The second kappa shape index (κ2) is 5.54. The van der Waals surface area contributed by atoms with Gasteiger partial charge in [0.25, 0.3) is 0 Å². The van der Waals surface area contributed by atoms with Gasteiger partial charge in [0, 0.05) is 28.4 Å². The summed E-state index contributed by atoms with van der Waals surface area (Å²) in [7, 11) is 0. The third-order valence-electron chi connectivity index (χ3n) is 3.25. The third kappa shape index (κ3) is 2.88. The predicted octanol–water partition coefficient (Wildman–Crippen LogP) is 4.65. The first-order valence-corrected chi connectivity index (χ1v) is 6.89. The van der Waals surface area contributed by atoms with Crippen LogP contribution in [0.2, 0.25) is 5.02 Å². The van der Waals surface area contributed by atoms with Crippen molar-refractivity contribution >= 4 is 34.4 Å². The van der Waals surface area contributed by atoms with Crippen LogP contribution in [-0.4, -0.2) is 16.3 Å². The number of halogens is 1. The Labute approximate surface area is 127 Å². The van der Waals surface area contributed by atoms with Crippen LogP contribution in [0.4, 0.5) is 5.82 Å². The van der Waals surface area contributed by atoms with E-state index in [1.165, 1.54) is 0 Å². The van der Waals surface area contributed by atoms with Gasteiger partial charge < -0.3 is 5.11 Å². The lowest BCUT2D eigenvalue weighted by Crippen LogP contribution is -1.86. The van der Waals surface area contributed by atoms with Gasteiger partial charge in [-0.3, -0.25) is 0 Å². The number of aliphatic imine (C=N–C) groups is 1. The molecule has 1 N–H and O–H groups in total. The Bertz CT molecular complexity index is 843. The SMILES string of the molecule is Cc1cc(Cl)cc(/C=N/c2cc3ccccc3cn2)c1O. The number of benzene rings is 2.